The van der Waals surface area contributed by atoms with Crippen molar-refractivity contribution in [2.45, 2.75) is 26.1 Å². The predicted molar refractivity (Wildman–Crippen MR) is 99.0 cm³/mol. The normalized spacial score (nSPS) is 24.9. The van der Waals surface area contributed by atoms with Gasteiger partial charge in [0.25, 0.3) is 10.2 Å². The molecule has 0 radical (unpaired) electrons. The fraction of sp³-hybridized carbons (Fsp3) is 0.588. The van der Waals surface area contributed by atoms with Crippen molar-refractivity contribution in [3.8, 4) is 0 Å². The first-order chi connectivity index (χ1) is 13.2. The van der Waals surface area contributed by atoms with Crippen molar-refractivity contribution in [2.75, 3.05) is 44.6 Å². The average Bonchev–Trinajstić information content (AvgIpc) is 2.63. The number of anilines is 1. The van der Waals surface area contributed by atoms with Crippen LogP contribution in [0.3, 0.4) is 0 Å². The molecule has 0 bridgehead atoms. The molecule has 2 saturated heterocycles. The zero-order chi connectivity index (χ0) is 20.5. The number of amides is 2. The molecule has 2 fully saturated rings. The van der Waals surface area contributed by atoms with Crippen LogP contribution in [0.25, 0.3) is 0 Å². The molecule has 0 aliphatic carbocycles. The van der Waals surface area contributed by atoms with Gasteiger partial charge in [0, 0.05) is 45.3 Å². The summed E-state index contributed by atoms with van der Waals surface area (Å²) in [5, 5.41) is 2.39. The lowest BCUT2D eigenvalue weighted by Gasteiger charge is -2.40. The number of hydrogen-bond acceptors (Lipinski definition) is 4. The minimum Gasteiger partial charge on any atom is -0.373 e. The van der Waals surface area contributed by atoms with E-state index in [0.29, 0.717) is 6.07 Å². The van der Waals surface area contributed by atoms with Crippen molar-refractivity contribution < 1.29 is 26.7 Å². The van der Waals surface area contributed by atoms with Crippen LogP contribution in [-0.4, -0.2) is 79.4 Å². The van der Waals surface area contributed by atoms with Crippen LogP contribution < -0.4 is 5.32 Å². The third-order valence-electron chi connectivity index (χ3n) is 4.74. The smallest absolute Gasteiger partial charge is 0.322 e. The van der Waals surface area contributed by atoms with Gasteiger partial charge in [-0.15, -0.1) is 0 Å². The predicted octanol–water partition coefficient (Wildman–Crippen LogP) is 1.47. The van der Waals surface area contributed by atoms with Crippen molar-refractivity contribution in [1.29, 1.82) is 0 Å². The number of carbonyl (C=O) groups is 1. The zero-order valence-corrected chi connectivity index (χ0v) is 16.6. The Hall–Kier alpha value is -1.82. The van der Waals surface area contributed by atoms with Gasteiger partial charge >= 0.3 is 6.03 Å². The lowest BCUT2D eigenvalue weighted by atomic mass is 10.3. The number of halogens is 2. The number of ether oxygens (including phenoxy) is 1. The average molecular weight is 418 g/mol. The molecule has 156 valence electrons. The van der Waals surface area contributed by atoms with Gasteiger partial charge in [-0.2, -0.15) is 17.0 Å². The molecule has 1 N–H and O–H groups in total. The fourth-order valence-electron chi connectivity index (χ4n) is 3.39. The van der Waals surface area contributed by atoms with E-state index < -0.39 is 27.9 Å². The SMILES string of the molecule is CC1CN(S(=O)(=O)N2CCN(C(=O)Nc3ccc(F)cc3F)CC2)CC(C)O1. The standard InChI is InChI=1S/C17H24F2N4O4S/c1-12-10-23(11-13(2)27-12)28(25,26)22-7-5-21(6-8-22)17(24)20-16-4-3-14(18)9-15(16)19/h3-4,9,12-13H,5-8,10-11H2,1-2H3,(H,20,24). The number of hydrogen-bond donors (Lipinski definition) is 1. The van der Waals surface area contributed by atoms with Gasteiger partial charge in [0.2, 0.25) is 0 Å². The zero-order valence-electron chi connectivity index (χ0n) is 15.8. The number of nitrogens with zero attached hydrogens (tertiary/aromatic N) is 3. The van der Waals surface area contributed by atoms with E-state index in [-0.39, 0.29) is 57.2 Å². The van der Waals surface area contributed by atoms with Crippen molar-refractivity contribution in [1.82, 2.24) is 13.5 Å². The lowest BCUT2D eigenvalue weighted by molar-refractivity contribution is -0.0456. The molecule has 28 heavy (non-hydrogen) atoms. The second-order valence-corrected chi connectivity index (χ2v) is 8.95. The monoisotopic (exact) mass is 418 g/mol. The first kappa shape index (κ1) is 20.9. The summed E-state index contributed by atoms with van der Waals surface area (Å²) in [6.07, 6.45) is -0.368. The van der Waals surface area contributed by atoms with Crippen LogP contribution in [0.4, 0.5) is 19.3 Å². The van der Waals surface area contributed by atoms with Crippen LogP contribution in [0, 0.1) is 11.6 Å². The van der Waals surface area contributed by atoms with Crippen molar-refractivity contribution in [3.05, 3.63) is 29.8 Å². The molecule has 11 heteroatoms. The van der Waals surface area contributed by atoms with E-state index in [1.54, 1.807) is 0 Å². The van der Waals surface area contributed by atoms with E-state index in [2.05, 4.69) is 5.32 Å². The summed E-state index contributed by atoms with van der Waals surface area (Å²) in [5.41, 5.74) is -0.127. The Labute approximate surface area is 163 Å². The van der Waals surface area contributed by atoms with E-state index >= 15 is 0 Å². The molecule has 2 atom stereocenters. The van der Waals surface area contributed by atoms with Gasteiger partial charge < -0.3 is 15.0 Å². The van der Waals surface area contributed by atoms with Crippen LogP contribution in [-0.2, 0) is 14.9 Å². The van der Waals surface area contributed by atoms with Gasteiger partial charge in [0.1, 0.15) is 11.6 Å². The number of morpholine rings is 1. The molecule has 1 aromatic rings. The van der Waals surface area contributed by atoms with Gasteiger partial charge in [0.15, 0.2) is 0 Å². The molecule has 0 aromatic heterocycles. The number of carbonyl (C=O) groups excluding carboxylic acids is 1. The highest BCUT2D eigenvalue weighted by Gasteiger charge is 2.37. The van der Waals surface area contributed by atoms with Gasteiger partial charge in [-0.25, -0.2) is 13.6 Å². The molecule has 0 spiro atoms. The topological polar surface area (TPSA) is 82.2 Å². The molecular weight excluding hydrogens is 394 g/mol. The summed E-state index contributed by atoms with van der Waals surface area (Å²) in [4.78, 5) is 13.7. The van der Waals surface area contributed by atoms with Crippen LogP contribution >= 0.6 is 0 Å². The Morgan fingerprint density at radius 2 is 1.68 bits per heavy atom. The summed E-state index contributed by atoms with van der Waals surface area (Å²) in [6.45, 7) is 4.86. The first-order valence-corrected chi connectivity index (χ1v) is 10.5. The highest BCUT2D eigenvalue weighted by Crippen LogP contribution is 2.20. The van der Waals surface area contributed by atoms with Crippen molar-refractivity contribution in [2.24, 2.45) is 0 Å². The Bertz CT molecular complexity index is 820. The van der Waals surface area contributed by atoms with Gasteiger partial charge in [-0.3, -0.25) is 0 Å². The summed E-state index contributed by atoms with van der Waals surface area (Å²) in [6, 6.07) is 2.32. The highest BCUT2D eigenvalue weighted by atomic mass is 32.2. The van der Waals surface area contributed by atoms with Gasteiger partial charge in [-0.05, 0) is 26.0 Å². The molecule has 2 amide bonds. The quantitative estimate of drug-likeness (QED) is 0.806. The van der Waals surface area contributed by atoms with Crippen LogP contribution in [0.2, 0.25) is 0 Å². The third kappa shape index (κ3) is 4.59. The Morgan fingerprint density at radius 1 is 1.07 bits per heavy atom. The number of urea groups is 1. The Kier molecular flexibility index (Phi) is 6.18. The van der Waals surface area contributed by atoms with Crippen LogP contribution in [0.5, 0.6) is 0 Å². The van der Waals surface area contributed by atoms with E-state index in [1.807, 2.05) is 13.8 Å². The van der Waals surface area contributed by atoms with Crippen molar-refractivity contribution >= 4 is 21.9 Å². The number of rotatable bonds is 3. The second-order valence-electron chi connectivity index (χ2n) is 7.02. The van der Waals surface area contributed by atoms with E-state index in [9.17, 15) is 22.0 Å². The summed E-state index contributed by atoms with van der Waals surface area (Å²) in [7, 11) is -3.64. The minimum atomic E-state index is -3.64. The molecular formula is C17H24F2N4O4S. The van der Waals surface area contributed by atoms with Crippen LogP contribution in [0.1, 0.15) is 13.8 Å². The molecule has 3 rings (SSSR count). The Morgan fingerprint density at radius 3 is 2.25 bits per heavy atom. The van der Waals surface area contributed by atoms with Crippen molar-refractivity contribution in [3.63, 3.8) is 0 Å². The number of nitrogens with one attached hydrogen (secondary N) is 1. The number of benzene rings is 1. The molecule has 2 unspecified atom stereocenters. The Balaban J connectivity index is 1.58. The third-order valence-corrected chi connectivity index (χ3v) is 6.71. The molecule has 1 aromatic carbocycles. The fourth-order valence-corrected chi connectivity index (χ4v) is 5.14. The van der Waals surface area contributed by atoms with E-state index in [1.165, 1.54) is 13.5 Å². The van der Waals surface area contributed by atoms with E-state index in [4.69, 9.17) is 4.74 Å². The number of piperazine rings is 1. The minimum absolute atomic E-state index is 0.127. The summed E-state index contributed by atoms with van der Waals surface area (Å²) >= 11 is 0. The maximum Gasteiger partial charge on any atom is 0.322 e. The van der Waals surface area contributed by atoms with E-state index in [0.717, 1.165) is 12.1 Å². The van der Waals surface area contributed by atoms with Gasteiger partial charge in [-0.1, -0.05) is 0 Å². The summed E-state index contributed by atoms with van der Waals surface area (Å²) in [5.74, 6) is -1.61. The highest BCUT2D eigenvalue weighted by molar-refractivity contribution is 7.86. The first-order valence-electron chi connectivity index (χ1n) is 9.08. The second kappa shape index (κ2) is 8.27. The molecule has 2 aliphatic rings. The molecule has 8 nitrogen and oxygen atoms in total. The van der Waals surface area contributed by atoms with Crippen LogP contribution in [0.15, 0.2) is 18.2 Å². The summed E-state index contributed by atoms with van der Waals surface area (Å²) < 4.78 is 60.7. The molecule has 2 heterocycles. The molecule has 0 saturated carbocycles. The maximum atomic E-state index is 13.7. The molecule has 2 aliphatic heterocycles. The maximum absolute atomic E-state index is 13.7. The lowest BCUT2D eigenvalue weighted by Crippen LogP contribution is -2.58. The largest absolute Gasteiger partial charge is 0.373 e. The van der Waals surface area contributed by atoms with Gasteiger partial charge in [0.05, 0.1) is 17.9 Å².